The fourth-order valence-electron chi connectivity index (χ4n) is 18.5. The summed E-state index contributed by atoms with van der Waals surface area (Å²) in [5.41, 5.74) is 26.0. The van der Waals surface area contributed by atoms with Crippen LogP contribution in [0.2, 0.25) is 0 Å². The molecular formula is C114H75N3. The van der Waals surface area contributed by atoms with Crippen molar-refractivity contribution < 1.29 is 0 Å². The summed E-state index contributed by atoms with van der Waals surface area (Å²) < 4.78 is 7.15. The van der Waals surface area contributed by atoms with Crippen LogP contribution in [0.15, 0.2) is 455 Å². The van der Waals surface area contributed by atoms with Crippen LogP contribution in [0.5, 0.6) is 0 Å². The molecule has 0 fully saturated rings. The standard InChI is InChI=1S/3C38H25N/c1-3-11-26(12-4-1)30-22-23-31(34-16-8-7-15-33(30)34)27-19-21-32-28(25-27)20-24-37-38(32)35-17-9-10-18-36(35)39(37)29-13-5-2-6-14-29;1-3-11-26(12-4-1)30-22-23-31(33-16-8-7-15-32(30)33)28-20-19-27-21-24-37-38(35(27)25-28)34-17-9-10-18-36(34)39(37)29-13-5-2-6-14-29;1-3-9-26(10-4-1)28-17-15-27-16-18-29(25-32(27)24-28)30-19-21-34-31(23-30)20-22-37-38(34)35-13-7-8-14-36(35)39(37)33-11-5-2-6-12-33/h3*1-25H. The largest absolute Gasteiger partial charge is 0.309 e. The Hall–Kier alpha value is -15.4. The highest BCUT2D eigenvalue weighted by Crippen LogP contribution is 2.45. The van der Waals surface area contributed by atoms with Gasteiger partial charge in [0.05, 0.1) is 33.1 Å². The van der Waals surface area contributed by atoms with Gasteiger partial charge in [0.15, 0.2) is 0 Å². The zero-order valence-electron chi connectivity index (χ0n) is 64.1. The molecule has 0 unspecified atom stereocenters. The highest BCUT2D eigenvalue weighted by molar-refractivity contribution is 6.25. The number of rotatable bonds is 9. The normalized spacial score (nSPS) is 11.6. The first-order chi connectivity index (χ1) is 58.1. The molecule has 0 saturated carbocycles. The summed E-state index contributed by atoms with van der Waals surface area (Å²) >= 11 is 0. The molecular weight excluding hydrogens is 1410 g/mol. The summed E-state index contributed by atoms with van der Waals surface area (Å²) in [7, 11) is 0. The molecule has 0 bridgehead atoms. The van der Waals surface area contributed by atoms with Gasteiger partial charge in [-0.25, -0.2) is 0 Å². The maximum atomic E-state index is 2.39. The van der Waals surface area contributed by atoms with E-state index < -0.39 is 0 Å². The van der Waals surface area contributed by atoms with E-state index in [9.17, 15) is 0 Å². The topological polar surface area (TPSA) is 14.8 Å². The van der Waals surface area contributed by atoms with Gasteiger partial charge in [0.25, 0.3) is 0 Å². The van der Waals surface area contributed by atoms with E-state index in [-0.39, 0.29) is 0 Å². The molecule has 117 heavy (non-hydrogen) atoms. The minimum absolute atomic E-state index is 1.18. The van der Waals surface area contributed by atoms with Crippen LogP contribution in [0.4, 0.5) is 0 Å². The van der Waals surface area contributed by atoms with E-state index in [1.165, 1.54) is 214 Å². The second-order valence-electron chi connectivity index (χ2n) is 30.5. The summed E-state index contributed by atoms with van der Waals surface area (Å²) in [5.74, 6) is 0. The molecule has 0 aliphatic heterocycles. The maximum Gasteiger partial charge on any atom is 0.0547 e. The summed E-state index contributed by atoms with van der Waals surface area (Å²) in [4.78, 5) is 0. The summed E-state index contributed by atoms with van der Waals surface area (Å²) in [6.07, 6.45) is 0. The third-order valence-corrected chi connectivity index (χ3v) is 23.9. The lowest BCUT2D eigenvalue weighted by Crippen LogP contribution is -1.92. The van der Waals surface area contributed by atoms with Gasteiger partial charge in [-0.2, -0.15) is 0 Å². The lowest BCUT2D eigenvalue weighted by atomic mass is 9.91. The van der Waals surface area contributed by atoms with Crippen LogP contribution in [0.3, 0.4) is 0 Å². The van der Waals surface area contributed by atoms with Crippen LogP contribution < -0.4 is 0 Å². The van der Waals surface area contributed by atoms with Gasteiger partial charge >= 0.3 is 0 Å². The first kappa shape index (κ1) is 68.4. The molecule has 3 nitrogen and oxygen atoms in total. The molecule has 0 atom stereocenters. The number of nitrogens with zero attached hydrogens (tertiary/aromatic N) is 3. The van der Waals surface area contributed by atoms with Crippen LogP contribution in [0.25, 0.3) is 214 Å². The Morgan fingerprint density at radius 1 is 0.120 bits per heavy atom. The minimum Gasteiger partial charge on any atom is -0.309 e. The van der Waals surface area contributed by atoms with E-state index in [1.807, 2.05) is 0 Å². The van der Waals surface area contributed by atoms with Crippen LogP contribution in [-0.4, -0.2) is 13.7 Å². The molecule has 546 valence electrons. The monoisotopic (exact) mass is 1490 g/mol. The number of benzene rings is 21. The molecule has 0 spiro atoms. The van der Waals surface area contributed by atoms with E-state index in [4.69, 9.17) is 0 Å². The van der Waals surface area contributed by atoms with Crippen molar-refractivity contribution in [2.75, 3.05) is 0 Å². The Kier molecular flexibility index (Phi) is 16.9. The fraction of sp³-hybridized carbons (Fsp3) is 0. The van der Waals surface area contributed by atoms with Gasteiger partial charge in [-0.3, -0.25) is 0 Å². The Labute approximate surface area is 678 Å². The Bertz CT molecular complexity index is 7960. The molecule has 3 aromatic heterocycles. The third kappa shape index (κ3) is 12.0. The number of hydrogen-bond acceptors (Lipinski definition) is 0. The average Bonchev–Trinajstić information content (AvgIpc) is 1.60. The van der Waals surface area contributed by atoms with Gasteiger partial charge in [0.2, 0.25) is 0 Å². The van der Waals surface area contributed by atoms with Crippen molar-refractivity contribution in [1.82, 2.24) is 13.7 Å². The molecule has 0 aliphatic carbocycles. The molecule has 3 heteroatoms. The second-order valence-corrected chi connectivity index (χ2v) is 30.5. The van der Waals surface area contributed by atoms with Gasteiger partial charge in [0, 0.05) is 49.4 Å². The molecule has 0 saturated heterocycles. The molecule has 0 aliphatic rings. The van der Waals surface area contributed by atoms with E-state index in [1.54, 1.807) is 0 Å². The first-order valence-corrected chi connectivity index (χ1v) is 40.4. The average molecular weight is 1490 g/mol. The maximum absolute atomic E-state index is 2.39. The zero-order chi connectivity index (χ0) is 77.3. The highest BCUT2D eigenvalue weighted by atomic mass is 15.0. The molecule has 0 amide bonds. The lowest BCUT2D eigenvalue weighted by molar-refractivity contribution is 1.18. The van der Waals surface area contributed by atoms with E-state index in [0.29, 0.717) is 0 Å². The van der Waals surface area contributed by atoms with Gasteiger partial charge in [-0.1, -0.05) is 352 Å². The summed E-state index contributed by atoms with van der Waals surface area (Å²) in [5, 5.41) is 23.0. The van der Waals surface area contributed by atoms with Gasteiger partial charge in [0.1, 0.15) is 0 Å². The molecule has 24 aromatic rings. The number of hydrogen-bond donors (Lipinski definition) is 0. The summed E-state index contributed by atoms with van der Waals surface area (Å²) in [6, 6.07) is 165. The Balaban J connectivity index is 0.000000106. The third-order valence-electron chi connectivity index (χ3n) is 23.9. The molecule has 21 aromatic carbocycles. The second kappa shape index (κ2) is 29.0. The predicted molar refractivity (Wildman–Crippen MR) is 500 cm³/mol. The van der Waals surface area contributed by atoms with Crippen LogP contribution in [0, 0.1) is 0 Å². The highest BCUT2D eigenvalue weighted by Gasteiger charge is 2.21. The van der Waals surface area contributed by atoms with Crippen molar-refractivity contribution in [2.24, 2.45) is 0 Å². The van der Waals surface area contributed by atoms with Crippen molar-refractivity contribution in [1.29, 1.82) is 0 Å². The van der Waals surface area contributed by atoms with Gasteiger partial charge in [-0.15, -0.1) is 0 Å². The van der Waals surface area contributed by atoms with Crippen LogP contribution in [0.1, 0.15) is 0 Å². The van der Waals surface area contributed by atoms with Gasteiger partial charge in [-0.05, 0) is 235 Å². The van der Waals surface area contributed by atoms with Gasteiger partial charge < -0.3 is 13.7 Å². The number of aromatic nitrogens is 3. The van der Waals surface area contributed by atoms with Crippen molar-refractivity contribution in [3.63, 3.8) is 0 Å². The quantitative estimate of drug-likeness (QED) is 0.137. The molecule has 0 N–H and O–H groups in total. The van der Waals surface area contributed by atoms with Crippen molar-refractivity contribution >= 4 is 130 Å². The predicted octanol–water partition coefficient (Wildman–Crippen LogP) is 31.3. The van der Waals surface area contributed by atoms with Crippen molar-refractivity contribution in [3.8, 4) is 83.8 Å². The van der Waals surface area contributed by atoms with Crippen LogP contribution >= 0.6 is 0 Å². The van der Waals surface area contributed by atoms with E-state index in [2.05, 4.69) is 469 Å². The number of para-hydroxylation sites is 6. The number of fused-ring (bicyclic) bond motifs is 18. The zero-order valence-corrected chi connectivity index (χ0v) is 64.1. The molecule has 3 heterocycles. The van der Waals surface area contributed by atoms with E-state index in [0.717, 1.165) is 0 Å². The van der Waals surface area contributed by atoms with Crippen LogP contribution in [-0.2, 0) is 0 Å². The van der Waals surface area contributed by atoms with Crippen molar-refractivity contribution in [3.05, 3.63) is 455 Å². The Morgan fingerprint density at radius 3 is 0.795 bits per heavy atom. The molecule has 24 rings (SSSR count). The lowest BCUT2D eigenvalue weighted by Gasteiger charge is -2.13. The summed E-state index contributed by atoms with van der Waals surface area (Å²) in [6.45, 7) is 0. The Morgan fingerprint density at radius 2 is 0.385 bits per heavy atom. The van der Waals surface area contributed by atoms with E-state index >= 15 is 0 Å². The fourth-order valence-corrected chi connectivity index (χ4v) is 18.5. The first-order valence-electron chi connectivity index (χ1n) is 40.4. The minimum atomic E-state index is 1.18. The molecule has 0 radical (unpaired) electrons. The smallest absolute Gasteiger partial charge is 0.0547 e. The van der Waals surface area contributed by atoms with Crippen molar-refractivity contribution in [2.45, 2.75) is 0 Å². The SMILES string of the molecule is c1ccc(-c2ccc(-c3ccc4c(ccc5c4c4ccccc4n5-c4ccccc4)c3)c3ccccc23)cc1.c1ccc(-c2ccc(-c3ccc4ccc5c(c4c3)c3ccccc3n5-c3ccccc3)c3ccccc23)cc1.c1ccc(-c2ccc3ccc(-c4ccc5c(ccc6c5c5ccccc5n6-c5ccccc5)c4)cc3c2)cc1.